The molecule has 1 unspecified atom stereocenters. The van der Waals surface area contributed by atoms with Gasteiger partial charge in [-0.05, 0) is 64.0 Å². The number of hydrogen-bond acceptors (Lipinski definition) is 4. The van der Waals surface area contributed by atoms with Crippen LogP contribution in [0.25, 0.3) is 0 Å². The SMILES string of the molecule is Cc1nscc1C(C)NCCCC1(O)CCC1. The first-order valence-electron chi connectivity index (χ1n) is 6.47. The number of nitrogens with zero attached hydrogens (tertiary/aromatic N) is 1. The number of aryl methyl sites for hydroxylation is 1. The molecule has 1 aromatic heterocycles. The van der Waals surface area contributed by atoms with Crippen molar-refractivity contribution in [1.82, 2.24) is 9.69 Å². The maximum atomic E-state index is 9.97. The minimum absolute atomic E-state index is 0.329. The van der Waals surface area contributed by atoms with Crippen molar-refractivity contribution in [2.75, 3.05) is 6.54 Å². The molecule has 0 radical (unpaired) electrons. The molecule has 1 atom stereocenters. The fourth-order valence-electron chi connectivity index (χ4n) is 2.40. The highest BCUT2D eigenvalue weighted by atomic mass is 32.1. The Morgan fingerprint density at radius 2 is 2.35 bits per heavy atom. The van der Waals surface area contributed by atoms with E-state index < -0.39 is 0 Å². The summed E-state index contributed by atoms with van der Waals surface area (Å²) >= 11 is 1.52. The van der Waals surface area contributed by atoms with Gasteiger partial charge in [-0.1, -0.05) is 0 Å². The quantitative estimate of drug-likeness (QED) is 0.767. The molecule has 2 rings (SSSR count). The third-order valence-electron chi connectivity index (χ3n) is 3.81. The van der Waals surface area contributed by atoms with E-state index in [0.29, 0.717) is 6.04 Å². The molecule has 17 heavy (non-hydrogen) atoms. The summed E-state index contributed by atoms with van der Waals surface area (Å²) in [6, 6.07) is 0.366. The molecule has 0 saturated heterocycles. The van der Waals surface area contributed by atoms with E-state index in [1.807, 2.05) is 0 Å². The predicted octanol–water partition coefficient (Wildman–Crippen LogP) is 2.80. The van der Waals surface area contributed by atoms with E-state index in [9.17, 15) is 5.11 Å². The molecule has 96 valence electrons. The van der Waals surface area contributed by atoms with Gasteiger partial charge in [0.2, 0.25) is 0 Å². The average molecular weight is 254 g/mol. The number of hydrogen-bond donors (Lipinski definition) is 2. The van der Waals surface area contributed by atoms with Crippen molar-refractivity contribution in [3.05, 3.63) is 16.6 Å². The Bertz CT molecular complexity index is 360. The minimum atomic E-state index is -0.329. The third-order valence-corrected chi connectivity index (χ3v) is 4.55. The second kappa shape index (κ2) is 5.46. The summed E-state index contributed by atoms with van der Waals surface area (Å²) in [4.78, 5) is 0. The summed E-state index contributed by atoms with van der Waals surface area (Å²) in [5.74, 6) is 0. The van der Waals surface area contributed by atoms with Gasteiger partial charge in [0.15, 0.2) is 0 Å². The predicted molar refractivity (Wildman–Crippen MR) is 71.3 cm³/mol. The Kier molecular flexibility index (Phi) is 4.17. The fourth-order valence-corrected chi connectivity index (χ4v) is 3.20. The monoisotopic (exact) mass is 254 g/mol. The van der Waals surface area contributed by atoms with Gasteiger partial charge in [0, 0.05) is 17.0 Å². The van der Waals surface area contributed by atoms with Crippen LogP contribution in [0.2, 0.25) is 0 Å². The lowest BCUT2D eigenvalue weighted by Crippen LogP contribution is -2.37. The summed E-state index contributed by atoms with van der Waals surface area (Å²) in [6.07, 6.45) is 5.18. The van der Waals surface area contributed by atoms with Gasteiger partial charge in [0.25, 0.3) is 0 Å². The lowest BCUT2D eigenvalue weighted by atomic mass is 9.77. The first-order valence-corrected chi connectivity index (χ1v) is 7.31. The summed E-state index contributed by atoms with van der Waals surface area (Å²) < 4.78 is 4.29. The second-order valence-electron chi connectivity index (χ2n) is 5.21. The van der Waals surface area contributed by atoms with Gasteiger partial charge in [0.05, 0.1) is 11.3 Å². The molecule has 1 aliphatic rings. The van der Waals surface area contributed by atoms with Crippen LogP contribution in [0.4, 0.5) is 0 Å². The van der Waals surface area contributed by atoms with Crippen molar-refractivity contribution < 1.29 is 5.11 Å². The van der Waals surface area contributed by atoms with Crippen molar-refractivity contribution >= 4 is 11.5 Å². The lowest BCUT2D eigenvalue weighted by Gasteiger charge is -2.36. The van der Waals surface area contributed by atoms with Crippen molar-refractivity contribution in [2.24, 2.45) is 0 Å². The van der Waals surface area contributed by atoms with Gasteiger partial charge >= 0.3 is 0 Å². The molecule has 4 heteroatoms. The Hall–Kier alpha value is -0.450. The van der Waals surface area contributed by atoms with Gasteiger partial charge in [-0.25, -0.2) is 0 Å². The van der Waals surface area contributed by atoms with Crippen molar-refractivity contribution in [3.8, 4) is 0 Å². The Morgan fingerprint density at radius 1 is 1.59 bits per heavy atom. The van der Waals surface area contributed by atoms with Gasteiger partial charge in [-0.15, -0.1) is 0 Å². The molecule has 1 fully saturated rings. The van der Waals surface area contributed by atoms with Crippen LogP contribution >= 0.6 is 11.5 Å². The Morgan fingerprint density at radius 3 is 2.88 bits per heavy atom. The fraction of sp³-hybridized carbons (Fsp3) is 0.769. The number of aliphatic hydroxyl groups is 1. The molecule has 0 amide bonds. The minimum Gasteiger partial charge on any atom is -0.390 e. The van der Waals surface area contributed by atoms with Crippen LogP contribution in [0.5, 0.6) is 0 Å². The summed E-state index contributed by atoms with van der Waals surface area (Å²) in [6.45, 7) is 5.20. The van der Waals surface area contributed by atoms with Crippen LogP contribution in [0.15, 0.2) is 5.38 Å². The van der Waals surface area contributed by atoms with Gasteiger partial charge in [-0.2, -0.15) is 4.37 Å². The standard InChI is InChI=1S/C13H22N2OS/c1-10(12-9-17-15-11(12)2)14-8-4-7-13(16)5-3-6-13/h9-10,14,16H,3-8H2,1-2H3. The Labute approximate surface area is 107 Å². The van der Waals surface area contributed by atoms with Crippen LogP contribution in [0, 0.1) is 6.92 Å². The number of nitrogens with one attached hydrogen (secondary N) is 1. The topological polar surface area (TPSA) is 45.2 Å². The normalized spacial score (nSPS) is 19.9. The first-order chi connectivity index (χ1) is 8.11. The molecule has 2 N–H and O–H groups in total. The third kappa shape index (κ3) is 3.27. The van der Waals surface area contributed by atoms with E-state index in [1.165, 1.54) is 23.5 Å². The van der Waals surface area contributed by atoms with E-state index in [1.54, 1.807) is 0 Å². The highest BCUT2D eigenvalue weighted by Gasteiger charge is 2.33. The smallest absolute Gasteiger partial charge is 0.0648 e. The molecular formula is C13H22N2OS. The zero-order valence-corrected chi connectivity index (χ0v) is 11.5. The number of aromatic nitrogens is 1. The maximum absolute atomic E-state index is 9.97. The first kappa shape index (κ1) is 13.0. The molecule has 3 nitrogen and oxygen atoms in total. The molecular weight excluding hydrogens is 232 g/mol. The molecule has 0 bridgehead atoms. The van der Waals surface area contributed by atoms with Crippen LogP contribution in [0.3, 0.4) is 0 Å². The zero-order valence-electron chi connectivity index (χ0n) is 10.7. The highest BCUT2D eigenvalue weighted by molar-refractivity contribution is 7.03. The molecule has 1 saturated carbocycles. The maximum Gasteiger partial charge on any atom is 0.0648 e. The lowest BCUT2D eigenvalue weighted by molar-refractivity contribution is -0.0414. The van der Waals surface area contributed by atoms with Crippen molar-refractivity contribution in [1.29, 1.82) is 0 Å². The zero-order chi connectivity index (χ0) is 12.3. The largest absolute Gasteiger partial charge is 0.390 e. The van der Waals surface area contributed by atoms with E-state index >= 15 is 0 Å². The highest BCUT2D eigenvalue weighted by Crippen LogP contribution is 2.35. The van der Waals surface area contributed by atoms with Crippen molar-refractivity contribution in [2.45, 2.75) is 57.6 Å². The van der Waals surface area contributed by atoms with Crippen LogP contribution in [-0.4, -0.2) is 21.6 Å². The summed E-state index contributed by atoms with van der Waals surface area (Å²) in [5, 5.41) is 15.6. The number of rotatable bonds is 6. The van der Waals surface area contributed by atoms with Gasteiger partial charge < -0.3 is 10.4 Å². The van der Waals surface area contributed by atoms with E-state index in [0.717, 1.165) is 37.9 Å². The van der Waals surface area contributed by atoms with E-state index in [4.69, 9.17) is 0 Å². The second-order valence-corrected chi connectivity index (χ2v) is 5.84. The van der Waals surface area contributed by atoms with E-state index in [-0.39, 0.29) is 5.60 Å². The van der Waals surface area contributed by atoms with Crippen LogP contribution in [0.1, 0.15) is 56.3 Å². The molecule has 0 aromatic carbocycles. The van der Waals surface area contributed by atoms with Crippen LogP contribution < -0.4 is 5.32 Å². The summed E-state index contributed by atoms with van der Waals surface area (Å²) in [7, 11) is 0. The van der Waals surface area contributed by atoms with Gasteiger partial charge in [0.1, 0.15) is 0 Å². The molecule has 1 aromatic rings. The average Bonchev–Trinajstić information content (AvgIpc) is 2.68. The van der Waals surface area contributed by atoms with E-state index in [2.05, 4.69) is 28.9 Å². The van der Waals surface area contributed by atoms with Gasteiger partial charge in [-0.3, -0.25) is 0 Å². The van der Waals surface area contributed by atoms with Crippen molar-refractivity contribution in [3.63, 3.8) is 0 Å². The summed E-state index contributed by atoms with van der Waals surface area (Å²) in [5.41, 5.74) is 2.11. The molecule has 0 spiro atoms. The molecule has 1 aliphatic carbocycles. The Balaban J connectivity index is 1.67. The molecule has 1 heterocycles. The van der Waals surface area contributed by atoms with Crippen LogP contribution in [-0.2, 0) is 0 Å². The molecule has 0 aliphatic heterocycles.